The Morgan fingerprint density at radius 3 is 2.42 bits per heavy atom. The normalized spacial score (nSPS) is 19.9. The lowest BCUT2D eigenvalue weighted by molar-refractivity contribution is -0.141. The molecule has 1 aliphatic heterocycles. The molecular weight excluding hydrogens is 454 g/mol. The molecule has 6 heteroatoms. The Labute approximate surface area is 213 Å². The molecule has 192 valence electrons. The molecule has 0 bridgehead atoms. The summed E-state index contributed by atoms with van der Waals surface area (Å²) in [5, 5.41) is 11.4. The molecule has 2 aromatic rings. The van der Waals surface area contributed by atoms with E-state index in [0.717, 1.165) is 50.5 Å². The highest BCUT2D eigenvalue weighted by atomic mass is 16.5. The number of hydrogen-bond donors (Lipinski definition) is 1. The van der Waals surface area contributed by atoms with Crippen LogP contribution >= 0.6 is 0 Å². The molecule has 0 spiro atoms. The molecule has 36 heavy (non-hydrogen) atoms. The zero-order chi connectivity index (χ0) is 25.7. The Morgan fingerprint density at radius 2 is 1.75 bits per heavy atom. The Balaban J connectivity index is 1.71. The minimum atomic E-state index is -0.659. The van der Waals surface area contributed by atoms with Crippen LogP contribution < -0.4 is 9.47 Å². The van der Waals surface area contributed by atoms with E-state index in [1.165, 1.54) is 0 Å². The summed E-state index contributed by atoms with van der Waals surface area (Å²) in [6.45, 7) is 6.69. The molecule has 1 saturated carbocycles. The van der Waals surface area contributed by atoms with Crippen LogP contribution in [-0.4, -0.2) is 40.4 Å². The van der Waals surface area contributed by atoms with E-state index in [-0.39, 0.29) is 23.5 Å². The molecule has 0 radical (unpaired) electrons. The smallest absolute Gasteiger partial charge is 0.295 e. The number of aliphatic hydroxyl groups is 1. The summed E-state index contributed by atoms with van der Waals surface area (Å²) in [4.78, 5) is 28.3. The first-order valence-electron chi connectivity index (χ1n) is 13.2. The Hall–Kier alpha value is -3.28. The van der Waals surface area contributed by atoms with Crippen LogP contribution in [-0.2, 0) is 9.59 Å². The van der Waals surface area contributed by atoms with Crippen molar-refractivity contribution in [2.45, 2.75) is 83.9 Å². The maximum atomic E-state index is 13.3. The fourth-order valence-electron chi connectivity index (χ4n) is 5.17. The predicted molar refractivity (Wildman–Crippen MR) is 140 cm³/mol. The topological polar surface area (TPSA) is 76.1 Å². The fraction of sp³-hybridized carbons (Fsp3) is 0.467. The number of hydrogen-bond acceptors (Lipinski definition) is 5. The zero-order valence-corrected chi connectivity index (χ0v) is 21.5. The summed E-state index contributed by atoms with van der Waals surface area (Å²) < 4.78 is 11.7. The van der Waals surface area contributed by atoms with Gasteiger partial charge in [0.15, 0.2) is 0 Å². The van der Waals surface area contributed by atoms with Crippen molar-refractivity contribution in [3.05, 3.63) is 65.2 Å². The Morgan fingerprint density at radius 1 is 1.03 bits per heavy atom. The minimum Gasteiger partial charge on any atom is -0.507 e. The number of ketones is 1. The lowest BCUT2D eigenvalue weighted by Gasteiger charge is -2.31. The highest BCUT2D eigenvalue weighted by Crippen LogP contribution is 2.44. The zero-order valence-electron chi connectivity index (χ0n) is 21.5. The minimum absolute atomic E-state index is 0.0100. The van der Waals surface area contributed by atoms with Gasteiger partial charge < -0.3 is 19.5 Å². The third-order valence-electron chi connectivity index (χ3n) is 6.89. The monoisotopic (exact) mass is 491 g/mol. The summed E-state index contributed by atoms with van der Waals surface area (Å²) in [6, 6.07) is 13.9. The van der Waals surface area contributed by atoms with E-state index in [1.54, 1.807) is 29.2 Å². The van der Waals surface area contributed by atoms with Gasteiger partial charge in [-0.15, -0.1) is 0 Å². The van der Waals surface area contributed by atoms with Crippen molar-refractivity contribution in [1.82, 2.24) is 4.90 Å². The third-order valence-corrected chi connectivity index (χ3v) is 6.89. The molecule has 1 unspecified atom stereocenters. The van der Waals surface area contributed by atoms with Gasteiger partial charge in [0.2, 0.25) is 0 Å². The van der Waals surface area contributed by atoms with Gasteiger partial charge in [-0.05, 0) is 75.1 Å². The molecule has 4 rings (SSSR count). The second kappa shape index (κ2) is 11.6. The molecule has 2 aliphatic rings. The Bertz CT molecular complexity index is 1100. The maximum Gasteiger partial charge on any atom is 0.295 e. The SMILES string of the molecule is CCCCCOc1ccc(/C(O)=C2/C(=O)C(=O)N(C3CCCC3)C2c2cccc(OC(C)C)c2)cc1. The van der Waals surface area contributed by atoms with E-state index in [2.05, 4.69) is 6.92 Å². The standard InChI is InChI=1S/C30H37NO5/c1-4-5-8-18-35-24-16-14-21(15-17-24)28(32)26-27(22-10-9-13-25(19-22)36-20(2)3)31(30(34)29(26)33)23-11-6-7-12-23/h9-10,13-17,19-20,23,27,32H,4-8,11-12,18H2,1-3H3/b28-26-. The summed E-state index contributed by atoms with van der Waals surface area (Å²) in [5.41, 5.74) is 1.38. The molecule has 1 aliphatic carbocycles. The molecular formula is C30H37NO5. The van der Waals surface area contributed by atoms with Gasteiger partial charge in [0.25, 0.3) is 11.7 Å². The number of unbranched alkanes of at least 4 members (excludes halogenated alkanes) is 2. The van der Waals surface area contributed by atoms with Crippen LogP contribution in [0.25, 0.3) is 5.76 Å². The molecule has 0 aromatic heterocycles. The molecule has 1 N–H and O–H groups in total. The van der Waals surface area contributed by atoms with Crippen molar-refractivity contribution in [2.24, 2.45) is 0 Å². The third kappa shape index (κ3) is 5.58. The average molecular weight is 492 g/mol. The van der Waals surface area contributed by atoms with Crippen LogP contribution in [0.4, 0.5) is 0 Å². The summed E-state index contributed by atoms with van der Waals surface area (Å²) in [5.74, 6) is 0.0405. The van der Waals surface area contributed by atoms with Crippen molar-refractivity contribution in [3.8, 4) is 11.5 Å². The molecule has 2 fully saturated rings. The number of carbonyl (C=O) groups excluding carboxylic acids is 2. The van der Waals surface area contributed by atoms with Crippen LogP contribution in [0, 0.1) is 0 Å². The molecule has 1 amide bonds. The van der Waals surface area contributed by atoms with Crippen molar-refractivity contribution in [2.75, 3.05) is 6.61 Å². The number of nitrogens with zero attached hydrogens (tertiary/aromatic N) is 1. The maximum absolute atomic E-state index is 13.3. The summed E-state index contributed by atoms with van der Waals surface area (Å²) >= 11 is 0. The first kappa shape index (κ1) is 25.8. The molecule has 1 heterocycles. The molecule has 1 saturated heterocycles. The Kier molecular flexibility index (Phi) is 8.34. The molecule has 1 atom stereocenters. The number of Topliss-reactive ketones (excluding diaryl/α,β-unsaturated/α-hetero) is 1. The van der Waals surface area contributed by atoms with Crippen LogP contribution in [0.3, 0.4) is 0 Å². The number of amides is 1. The van der Waals surface area contributed by atoms with E-state index >= 15 is 0 Å². The van der Waals surface area contributed by atoms with E-state index in [4.69, 9.17) is 9.47 Å². The van der Waals surface area contributed by atoms with E-state index < -0.39 is 17.7 Å². The van der Waals surface area contributed by atoms with Crippen molar-refractivity contribution >= 4 is 17.4 Å². The van der Waals surface area contributed by atoms with Gasteiger partial charge in [-0.25, -0.2) is 0 Å². The molecule has 2 aromatic carbocycles. The quantitative estimate of drug-likeness (QED) is 0.180. The van der Waals surface area contributed by atoms with Gasteiger partial charge in [0, 0.05) is 11.6 Å². The van der Waals surface area contributed by atoms with Crippen LogP contribution in [0.2, 0.25) is 0 Å². The van der Waals surface area contributed by atoms with Crippen molar-refractivity contribution in [3.63, 3.8) is 0 Å². The lowest BCUT2D eigenvalue weighted by Crippen LogP contribution is -2.37. The molecule has 6 nitrogen and oxygen atoms in total. The van der Waals surface area contributed by atoms with E-state index in [9.17, 15) is 14.7 Å². The van der Waals surface area contributed by atoms with Crippen LogP contribution in [0.15, 0.2) is 54.1 Å². The number of likely N-dealkylation sites (tertiary alicyclic amines) is 1. The average Bonchev–Trinajstić information content (AvgIpc) is 3.48. The highest BCUT2D eigenvalue weighted by molar-refractivity contribution is 6.46. The fourth-order valence-corrected chi connectivity index (χ4v) is 5.17. The summed E-state index contributed by atoms with van der Waals surface area (Å²) in [6.07, 6.45) is 6.98. The first-order chi connectivity index (χ1) is 17.4. The van der Waals surface area contributed by atoms with E-state index in [1.807, 2.05) is 38.1 Å². The number of rotatable bonds is 10. The largest absolute Gasteiger partial charge is 0.507 e. The van der Waals surface area contributed by atoms with Crippen molar-refractivity contribution < 1.29 is 24.2 Å². The highest BCUT2D eigenvalue weighted by Gasteiger charge is 2.49. The van der Waals surface area contributed by atoms with Crippen LogP contribution in [0.5, 0.6) is 11.5 Å². The van der Waals surface area contributed by atoms with Crippen molar-refractivity contribution in [1.29, 1.82) is 0 Å². The number of benzene rings is 2. The predicted octanol–water partition coefficient (Wildman–Crippen LogP) is 6.41. The van der Waals surface area contributed by atoms with Gasteiger partial charge in [-0.1, -0.05) is 44.7 Å². The lowest BCUT2D eigenvalue weighted by atomic mass is 9.94. The number of aliphatic hydroxyl groups excluding tert-OH is 1. The number of carbonyl (C=O) groups is 2. The van der Waals surface area contributed by atoms with Gasteiger partial charge in [0.1, 0.15) is 17.3 Å². The second-order valence-corrected chi connectivity index (χ2v) is 9.96. The van der Waals surface area contributed by atoms with Gasteiger partial charge in [-0.3, -0.25) is 9.59 Å². The van der Waals surface area contributed by atoms with Crippen LogP contribution in [0.1, 0.15) is 82.9 Å². The first-order valence-corrected chi connectivity index (χ1v) is 13.2. The number of ether oxygens (including phenoxy) is 2. The van der Waals surface area contributed by atoms with Gasteiger partial charge in [0.05, 0.1) is 24.3 Å². The summed E-state index contributed by atoms with van der Waals surface area (Å²) in [7, 11) is 0. The van der Waals surface area contributed by atoms with Gasteiger partial charge in [-0.2, -0.15) is 0 Å². The van der Waals surface area contributed by atoms with Gasteiger partial charge >= 0.3 is 0 Å². The van der Waals surface area contributed by atoms with E-state index in [0.29, 0.717) is 23.7 Å². The second-order valence-electron chi connectivity index (χ2n) is 9.96.